The fourth-order valence-corrected chi connectivity index (χ4v) is 4.15. The van der Waals surface area contributed by atoms with E-state index in [1.807, 2.05) is 30.5 Å². The van der Waals surface area contributed by atoms with Gasteiger partial charge < -0.3 is 4.42 Å². The average Bonchev–Trinajstić information content (AvgIpc) is 2.93. The predicted octanol–water partition coefficient (Wildman–Crippen LogP) is 5.19. The summed E-state index contributed by atoms with van der Waals surface area (Å²) < 4.78 is 6.08. The summed E-state index contributed by atoms with van der Waals surface area (Å²) in [5.41, 5.74) is 3.81. The zero-order valence-corrected chi connectivity index (χ0v) is 14.6. The molecule has 0 saturated carbocycles. The highest BCUT2D eigenvalue weighted by Gasteiger charge is 2.17. The molecule has 0 aliphatic rings. The van der Waals surface area contributed by atoms with E-state index < -0.39 is 8.07 Å². The fraction of sp³-hybridized carbons (Fsp3) is 0.150. The van der Waals surface area contributed by atoms with Crippen LogP contribution < -0.4 is 5.19 Å². The number of rotatable bonds is 2. The fourth-order valence-electron chi connectivity index (χ4n) is 2.99. The summed E-state index contributed by atoms with van der Waals surface area (Å²) >= 11 is 0. The van der Waals surface area contributed by atoms with E-state index in [-0.39, 0.29) is 0 Å². The van der Waals surface area contributed by atoms with Crippen molar-refractivity contribution >= 4 is 35.2 Å². The molecule has 0 spiro atoms. The Morgan fingerprint density at radius 3 is 2.30 bits per heavy atom. The molecular formula is C20H19NOSi. The van der Waals surface area contributed by atoms with Crippen LogP contribution in [0.3, 0.4) is 0 Å². The third-order valence-corrected chi connectivity index (χ3v) is 6.38. The Hall–Kier alpha value is -2.39. The number of para-hydroxylation sites is 1. The van der Waals surface area contributed by atoms with Crippen LogP contribution in [0.25, 0.3) is 33.2 Å². The van der Waals surface area contributed by atoms with Crippen molar-refractivity contribution in [1.82, 2.24) is 4.98 Å². The molecule has 3 heteroatoms. The van der Waals surface area contributed by atoms with Crippen molar-refractivity contribution in [3.05, 3.63) is 60.8 Å². The highest BCUT2D eigenvalue weighted by Crippen LogP contribution is 2.33. The molecular weight excluding hydrogens is 298 g/mol. The van der Waals surface area contributed by atoms with Gasteiger partial charge >= 0.3 is 0 Å². The minimum absolute atomic E-state index is 0.870. The molecule has 0 amide bonds. The lowest BCUT2D eigenvalue weighted by Gasteiger charge is -2.16. The molecule has 0 unspecified atom stereocenters. The van der Waals surface area contributed by atoms with E-state index in [2.05, 4.69) is 55.0 Å². The third-order valence-electron chi connectivity index (χ3n) is 4.32. The van der Waals surface area contributed by atoms with Crippen LogP contribution in [-0.2, 0) is 0 Å². The molecule has 4 aromatic rings. The van der Waals surface area contributed by atoms with Gasteiger partial charge in [0.15, 0.2) is 5.58 Å². The molecule has 23 heavy (non-hydrogen) atoms. The first-order valence-corrected chi connectivity index (χ1v) is 11.4. The largest absolute Gasteiger partial charge is 0.454 e. The highest BCUT2D eigenvalue weighted by molar-refractivity contribution is 6.88. The van der Waals surface area contributed by atoms with Crippen molar-refractivity contribution in [2.75, 3.05) is 0 Å². The van der Waals surface area contributed by atoms with Crippen LogP contribution in [-0.4, -0.2) is 13.1 Å². The minimum Gasteiger partial charge on any atom is -0.454 e. The second-order valence-electron chi connectivity index (χ2n) is 6.96. The van der Waals surface area contributed by atoms with E-state index in [4.69, 9.17) is 4.42 Å². The Morgan fingerprint density at radius 2 is 1.57 bits per heavy atom. The normalized spacial score (nSPS) is 12.1. The minimum atomic E-state index is -1.28. The summed E-state index contributed by atoms with van der Waals surface area (Å²) in [5.74, 6) is 0. The summed E-state index contributed by atoms with van der Waals surface area (Å²) in [6, 6.07) is 19.0. The summed E-state index contributed by atoms with van der Waals surface area (Å²) in [6.45, 7) is 7.08. The Kier molecular flexibility index (Phi) is 3.13. The van der Waals surface area contributed by atoms with Gasteiger partial charge in [0, 0.05) is 22.5 Å². The van der Waals surface area contributed by atoms with Gasteiger partial charge in [-0.25, -0.2) is 0 Å². The Bertz CT molecular complexity index is 994. The highest BCUT2D eigenvalue weighted by atomic mass is 28.3. The number of benzene rings is 2. The maximum Gasteiger partial charge on any atom is 0.161 e. The van der Waals surface area contributed by atoms with E-state index in [1.54, 1.807) is 0 Å². The van der Waals surface area contributed by atoms with Crippen LogP contribution in [0.2, 0.25) is 19.6 Å². The standard InChI is InChI=1S/C20H19NOSi/c1-23(2,3)15-10-8-14(9-11-15)19-20-17(12-13-21-19)16-6-4-5-7-18(16)22-20/h4-13H,1-3H3. The monoisotopic (exact) mass is 317 g/mol. The van der Waals surface area contributed by atoms with Crippen LogP contribution in [0.4, 0.5) is 0 Å². The van der Waals surface area contributed by atoms with Crippen molar-refractivity contribution in [2.24, 2.45) is 0 Å². The molecule has 0 aliphatic carbocycles. The Labute approximate surface area is 136 Å². The molecule has 4 rings (SSSR count). The molecule has 0 atom stereocenters. The first kappa shape index (κ1) is 14.2. The smallest absolute Gasteiger partial charge is 0.161 e. The van der Waals surface area contributed by atoms with E-state index >= 15 is 0 Å². The van der Waals surface area contributed by atoms with Crippen molar-refractivity contribution in [3.8, 4) is 11.3 Å². The van der Waals surface area contributed by atoms with Gasteiger partial charge in [-0.3, -0.25) is 4.98 Å². The van der Waals surface area contributed by atoms with Crippen LogP contribution in [0.5, 0.6) is 0 Å². The summed E-state index contributed by atoms with van der Waals surface area (Å²) in [6.07, 6.45) is 1.87. The first-order chi connectivity index (χ1) is 11.0. The van der Waals surface area contributed by atoms with Gasteiger partial charge in [0.1, 0.15) is 11.3 Å². The average molecular weight is 317 g/mol. The van der Waals surface area contributed by atoms with Crippen LogP contribution >= 0.6 is 0 Å². The first-order valence-electron chi connectivity index (χ1n) is 7.91. The van der Waals surface area contributed by atoms with E-state index in [0.717, 1.165) is 33.2 Å². The number of nitrogens with zero attached hydrogens (tertiary/aromatic N) is 1. The lowest BCUT2D eigenvalue weighted by molar-refractivity contribution is 0.668. The van der Waals surface area contributed by atoms with Gasteiger partial charge in [0.05, 0.1) is 8.07 Å². The number of hydrogen-bond donors (Lipinski definition) is 0. The van der Waals surface area contributed by atoms with Crippen LogP contribution in [0.15, 0.2) is 65.2 Å². The second kappa shape index (κ2) is 5.07. The maximum absolute atomic E-state index is 6.08. The number of pyridine rings is 1. The van der Waals surface area contributed by atoms with Gasteiger partial charge in [0.25, 0.3) is 0 Å². The summed E-state index contributed by atoms with van der Waals surface area (Å²) in [5, 5.41) is 3.72. The number of hydrogen-bond acceptors (Lipinski definition) is 2. The number of furan rings is 1. The molecule has 2 heterocycles. The molecule has 2 nitrogen and oxygen atoms in total. The van der Waals surface area contributed by atoms with Gasteiger partial charge in [-0.05, 0) is 12.1 Å². The number of fused-ring (bicyclic) bond motifs is 3. The molecule has 114 valence electrons. The van der Waals surface area contributed by atoms with Gasteiger partial charge in [-0.1, -0.05) is 67.3 Å². The number of aromatic nitrogens is 1. The van der Waals surface area contributed by atoms with Gasteiger partial charge in [-0.15, -0.1) is 0 Å². The Morgan fingerprint density at radius 1 is 0.826 bits per heavy atom. The molecule has 0 saturated heterocycles. The third kappa shape index (κ3) is 2.37. The van der Waals surface area contributed by atoms with Crippen molar-refractivity contribution in [3.63, 3.8) is 0 Å². The van der Waals surface area contributed by atoms with E-state index in [9.17, 15) is 0 Å². The quantitative estimate of drug-likeness (QED) is 0.475. The van der Waals surface area contributed by atoms with Gasteiger partial charge in [-0.2, -0.15) is 0 Å². The lowest BCUT2D eigenvalue weighted by Crippen LogP contribution is -2.37. The van der Waals surface area contributed by atoms with Crippen LogP contribution in [0.1, 0.15) is 0 Å². The summed E-state index contributed by atoms with van der Waals surface area (Å²) in [4.78, 5) is 4.58. The summed E-state index contributed by atoms with van der Waals surface area (Å²) in [7, 11) is -1.28. The van der Waals surface area contributed by atoms with Crippen molar-refractivity contribution < 1.29 is 4.42 Å². The molecule has 0 radical (unpaired) electrons. The maximum atomic E-state index is 6.08. The lowest BCUT2D eigenvalue weighted by atomic mass is 10.1. The van der Waals surface area contributed by atoms with Crippen molar-refractivity contribution in [1.29, 1.82) is 0 Å². The van der Waals surface area contributed by atoms with Crippen LogP contribution in [0, 0.1) is 0 Å². The molecule has 2 aromatic heterocycles. The SMILES string of the molecule is C[Si](C)(C)c1ccc(-c2nccc3c2oc2ccccc23)cc1. The zero-order chi connectivity index (χ0) is 16.0. The van der Waals surface area contributed by atoms with E-state index in [0.29, 0.717) is 0 Å². The molecule has 0 aliphatic heterocycles. The second-order valence-corrected chi connectivity index (χ2v) is 12.0. The molecule has 0 bridgehead atoms. The zero-order valence-electron chi connectivity index (χ0n) is 13.6. The molecule has 0 N–H and O–H groups in total. The molecule has 2 aromatic carbocycles. The van der Waals surface area contributed by atoms with Crippen molar-refractivity contribution in [2.45, 2.75) is 19.6 Å². The van der Waals surface area contributed by atoms with Gasteiger partial charge in [0.2, 0.25) is 0 Å². The predicted molar refractivity (Wildman–Crippen MR) is 99.9 cm³/mol. The van der Waals surface area contributed by atoms with E-state index in [1.165, 1.54) is 5.19 Å². The Balaban J connectivity index is 1.92. The topological polar surface area (TPSA) is 26.0 Å². The molecule has 0 fully saturated rings.